The van der Waals surface area contributed by atoms with Crippen molar-refractivity contribution in [3.05, 3.63) is 28.8 Å². The average molecular weight is 307 g/mol. The van der Waals surface area contributed by atoms with Gasteiger partial charge in [-0.15, -0.1) is 12.4 Å². The van der Waals surface area contributed by atoms with Gasteiger partial charge in [-0.1, -0.05) is 0 Å². The van der Waals surface area contributed by atoms with Crippen LogP contribution in [0.2, 0.25) is 0 Å². The average Bonchev–Trinajstić information content (AvgIpc) is 2.37. The molecule has 0 saturated heterocycles. The van der Waals surface area contributed by atoms with Gasteiger partial charge in [0.2, 0.25) is 0 Å². The third-order valence-corrected chi connectivity index (χ3v) is 3.27. The molecule has 6 heteroatoms. The fourth-order valence-corrected chi connectivity index (χ4v) is 2.23. The van der Waals surface area contributed by atoms with Crippen molar-refractivity contribution in [2.45, 2.75) is 19.4 Å². The number of alkyl halides is 2. The lowest BCUT2D eigenvalue weighted by Crippen LogP contribution is -2.25. The van der Waals surface area contributed by atoms with E-state index in [1.807, 2.05) is 25.1 Å². The summed E-state index contributed by atoms with van der Waals surface area (Å²) in [4.78, 5) is 2.00. The summed E-state index contributed by atoms with van der Waals surface area (Å²) in [5, 5.41) is 3.13. The van der Waals surface area contributed by atoms with E-state index in [1.165, 1.54) is 6.07 Å². The number of likely N-dealkylation sites (N-methyl/N-ethyl adjacent to an activating group) is 1. The Morgan fingerprint density at radius 1 is 1.35 bits per heavy atom. The van der Waals surface area contributed by atoms with Crippen LogP contribution >= 0.6 is 12.4 Å². The molecule has 114 valence electrons. The quantitative estimate of drug-likeness (QED) is 0.905. The minimum atomic E-state index is -2.45. The first kappa shape index (κ1) is 17.1. The predicted octanol–water partition coefficient (Wildman–Crippen LogP) is 2.63. The van der Waals surface area contributed by atoms with Crippen LogP contribution in [-0.4, -0.2) is 38.7 Å². The van der Waals surface area contributed by atoms with Crippen LogP contribution in [0.25, 0.3) is 0 Å². The highest BCUT2D eigenvalue weighted by Gasteiger charge is 2.20. The third-order valence-electron chi connectivity index (χ3n) is 3.27. The van der Waals surface area contributed by atoms with Crippen LogP contribution in [0.1, 0.15) is 23.1 Å². The Hall–Kier alpha value is -0.910. The molecular weight excluding hydrogens is 286 g/mol. The molecule has 0 bridgehead atoms. The Morgan fingerprint density at radius 2 is 2.10 bits per heavy atom. The molecule has 0 aliphatic carbocycles. The highest BCUT2D eigenvalue weighted by Crippen LogP contribution is 2.31. The van der Waals surface area contributed by atoms with E-state index in [9.17, 15) is 8.78 Å². The van der Waals surface area contributed by atoms with E-state index in [-0.39, 0.29) is 18.0 Å². The summed E-state index contributed by atoms with van der Waals surface area (Å²) in [5.41, 5.74) is 1.82. The van der Waals surface area contributed by atoms with Crippen LogP contribution in [-0.2, 0) is 13.0 Å². The minimum Gasteiger partial charge on any atom is -0.492 e. The van der Waals surface area contributed by atoms with Gasteiger partial charge in [0.25, 0.3) is 6.43 Å². The predicted molar refractivity (Wildman–Crippen MR) is 78.1 cm³/mol. The zero-order valence-corrected chi connectivity index (χ0v) is 12.6. The Kier molecular flexibility index (Phi) is 6.65. The Morgan fingerprint density at radius 3 is 2.75 bits per heavy atom. The lowest BCUT2D eigenvalue weighted by molar-refractivity contribution is 0.149. The zero-order valence-electron chi connectivity index (χ0n) is 11.8. The van der Waals surface area contributed by atoms with Gasteiger partial charge in [-0.25, -0.2) is 8.78 Å². The fourth-order valence-electron chi connectivity index (χ4n) is 2.23. The summed E-state index contributed by atoms with van der Waals surface area (Å²) in [6.45, 7) is 2.62. The zero-order chi connectivity index (χ0) is 13.8. The van der Waals surface area contributed by atoms with Crippen LogP contribution in [0.15, 0.2) is 12.1 Å². The summed E-state index contributed by atoms with van der Waals surface area (Å²) in [6.07, 6.45) is -1.68. The summed E-state index contributed by atoms with van der Waals surface area (Å²) < 4.78 is 31.8. The molecule has 0 aromatic heterocycles. The smallest absolute Gasteiger partial charge is 0.264 e. The van der Waals surface area contributed by atoms with Crippen LogP contribution in [0.4, 0.5) is 8.78 Å². The van der Waals surface area contributed by atoms with Gasteiger partial charge in [0.15, 0.2) is 0 Å². The van der Waals surface area contributed by atoms with Crippen LogP contribution in [0.5, 0.6) is 5.75 Å². The van der Waals surface area contributed by atoms with Crippen LogP contribution in [0, 0.1) is 0 Å². The molecule has 1 aromatic carbocycles. The molecule has 1 aliphatic heterocycles. The number of nitrogens with one attached hydrogen (secondary N) is 1. The first-order valence-corrected chi connectivity index (χ1v) is 6.50. The molecule has 3 nitrogen and oxygen atoms in total. The molecular formula is C14H21ClF2N2O. The van der Waals surface area contributed by atoms with Gasteiger partial charge < -0.3 is 15.0 Å². The molecule has 1 aromatic rings. The second kappa shape index (κ2) is 7.76. The van der Waals surface area contributed by atoms with Crippen molar-refractivity contribution < 1.29 is 13.5 Å². The van der Waals surface area contributed by atoms with Crippen molar-refractivity contribution in [1.82, 2.24) is 10.2 Å². The monoisotopic (exact) mass is 306 g/mol. The molecule has 0 radical (unpaired) electrons. The lowest BCUT2D eigenvalue weighted by Gasteiger charge is -2.22. The SMILES string of the molecule is CN(C)CCOc1cc2c(c(C(F)F)c1)CNCC2.Cl. The van der Waals surface area contributed by atoms with Crippen molar-refractivity contribution in [1.29, 1.82) is 0 Å². The van der Waals surface area contributed by atoms with Gasteiger partial charge >= 0.3 is 0 Å². The number of hydrogen-bond acceptors (Lipinski definition) is 3. The second-order valence-electron chi connectivity index (χ2n) is 5.03. The van der Waals surface area contributed by atoms with Crippen molar-refractivity contribution in [3.63, 3.8) is 0 Å². The fraction of sp³-hybridized carbons (Fsp3) is 0.571. The van der Waals surface area contributed by atoms with E-state index in [2.05, 4.69) is 5.32 Å². The Labute approximate surface area is 124 Å². The molecule has 1 heterocycles. The standard InChI is InChI=1S/C14H20F2N2O.ClH/c1-18(2)5-6-19-11-7-10-3-4-17-9-13(10)12(8-11)14(15)16;/h7-8,14,17H,3-6,9H2,1-2H3;1H. The molecule has 0 fully saturated rings. The molecule has 0 saturated carbocycles. The largest absolute Gasteiger partial charge is 0.492 e. The van der Waals surface area contributed by atoms with E-state index in [0.29, 0.717) is 18.9 Å². The van der Waals surface area contributed by atoms with Crippen molar-refractivity contribution in [2.75, 3.05) is 33.8 Å². The number of fused-ring (bicyclic) bond motifs is 1. The van der Waals surface area contributed by atoms with Crippen molar-refractivity contribution in [2.24, 2.45) is 0 Å². The van der Waals surface area contributed by atoms with Gasteiger partial charge in [-0.2, -0.15) is 0 Å². The van der Waals surface area contributed by atoms with Gasteiger partial charge in [0.1, 0.15) is 12.4 Å². The topological polar surface area (TPSA) is 24.5 Å². The first-order chi connectivity index (χ1) is 9.08. The van der Waals surface area contributed by atoms with Crippen molar-refractivity contribution >= 4 is 12.4 Å². The summed E-state index contributed by atoms with van der Waals surface area (Å²) in [5.74, 6) is 0.554. The summed E-state index contributed by atoms with van der Waals surface area (Å²) in [7, 11) is 3.90. The van der Waals surface area contributed by atoms with Crippen molar-refractivity contribution in [3.8, 4) is 5.75 Å². The van der Waals surface area contributed by atoms with Crippen LogP contribution in [0.3, 0.4) is 0 Å². The number of ether oxygens (including phenoxy) is 1. The molecule has 2 rings (SSSR count). The second-order valence-corrected chi connectivity index (χ2v) is 5.03. The summed E-state index contributed by atoms with van der Waals surface area (Å²) >= 11 is 0. The molecule has 0 spiro atoms. The molecule has 1 N–H and O–H groups in total. The van der Waals surface area contributed by atoms with Gasteiger partial charge in [-0.05, 0) is 50.3 Å². The number of benzene rings is 1. The first-order valence-electron chi connectivity index (χ1n) is 6.50. The van der Waals surface area contributed by atoms with Crippen LogP contribution < -0.4 is 10.1 Å². The number of hydrogen-bond donors (Lipinski definition) is 1. The normalized spacial score (nSPS) is 14.1. The Balaban J connectivity index is 0.00000200. The maximum absolute atomic E-state index is 13.1. The third kappa shape index (κ3) is 4.30. The molecule has 0 unspecified atom stereocenters. The number of nitrogens with zero attached hydrogens (tertiary/aromatic N) is 1. The minimum absolute atomic E-state index is 0. The van der Waals surface area contributed by atoms with E-state index in [0.717, 1.165) is 30.6 Å². The van der Waals surface area contributed by atoms with E-state index in [1.54, 1.807) is 0 Å². The highest BCUT2D eigenvalue weighted by atomic mass is 35.5. The van der Waals surface area contributed by atoms with E-state index >= 15 is 0 Å². The van der Waals surface area contributed by atoms with Gasteiger partial charge in [-0.3, -0.25) is 0 Å². The molecule has 1 aliphatic rings. The highest BCUT2D eigenvalue weighted by molar-refractivity contribution is 5.85. The van der Waals surface area contributed by atoms with E-state index in [4.69, 9.17) is 4.74 Å². The molecule has 0 atom stereocenters. The van der Waals surface area contributed by atoms with Gasteiger partial charge in [0, 0.05) is 18.7 Å². The lowest BCUT2D eigenvalue weighted by atomic mass is 9.95. The Bertz CT molecular complexity index is 441. The maximum atomic E-state index is 13.1. The number of halogens is 3. The maximum Gasteiger partial charge on any atom is 0.264 e. The molecule has 0 amide bonds. The molecule has 20 heavy (non-hydrogen) atoms. The number of rotatable bonds is 5. The van der Waals surface area contributed by atoms with E-state index < -0.39 is 6.43 Å². The summed E-state index contributed by atoms with van der Waals surface area (Å²) in [6, 6.07) is 3.38. The van der Waals surface area contributed by atoms with Gasteiger partial charge in [0.05, 0.1) is 0 Å².